The fourth-order valence-corrected chi connectivity index (χ4v) is 0.867. The minimum Gasteiger partial charge on any atom is -0.339 e. The topological polar surface area (TPSA) is 24.4 Å². The van der Waals surface area contributed by atoms with Gasteiger partial charge in [0.25, 0.3) is 0 Å². The van der Waals surface area contributed by atoms with Crippen molar-refractivity contribution in [1.82, 2.24) is 5.32 Å². The highest BCUT2D eigenvalue weighted by Crippen LogP contribution is 1.98. The summed E-state index contributed by atoms with van der Waals surface area (Å²) in [6.45, 7) is 5.86. The van der Waals surface area contributed by atoms with Crippen LogP contribution in [0.3, 0.4) is 0 Å². The second-order valence-corrected chi connectivity index (χ2v) is 2.61. The normalized spacial score (nSPS) is 11.3. The highest BCUT2D eigenvalue weighted by molar-refractivity contribution is 8.13. The summed E-state index contributed by atoms with van der Waals surface area (Å²) in [4.78, 5) is 4.00. The zero-order valence-electron chi connectivity index (χ0n) is 6.77. The summed E-state index contributed by atoms with van der Waals surface area (Å²) >= 11 is 1.59. The van der Waals surface area contributed by atoms with E-state index in [-0.39, 0.29) is 0 Å². The maximum atomic E-state index is 4.00. The summed E-state index contributed by atoms with van der Waals surface area (Å²) in [7, 11) is 1.77. The Morgan fingerprint density at radius 3 is 2.60 bits per heavy atom. The van der Waals surface area contributed by atoms with Crippen molar-refractivity contribution >= 4 is 16.9 Å². The van der Waals surface area contributed by atoms with Crippen molar-refractivity contribution in [1.29, 1.82) is 0 Å². The maximum Gasteiger partial charge on any atom is 0.160 e. The van der Waals surface area contributed by atoms with Crippen LogP contribution < -0.4 is 5.32 Å². The van der Waals surface area contributed by atoms with Gasteiger partial charge in [-0.15, -0.1) is 0 Å². The molecule has 58 valence electrons. The molecule has 0 fully saturated rings. The lowest BCUT2D eigenvalue weighted by molar-refractivity contribution is 0.993. The zero-order valence-corrected chi connectivity index (χ0v) is 7.59. The fourth-order valence-electron chi connectivity index (χ4n) is 0.438. The van der Waals surface area contributed by atoms with Gasteiger partial charge < -0.3 is 5.32 Å². The molecular formula is C7H14N2S. The number of hydrogen-bond acceptors (Lipinski definition) is 2. The summed E-state index contributed by atoms with van der Waals surface area (Å²) < 4.78 is 0. The molecule has 0 saturated carbocycles. The van der Waals surface area contributed by atoms with Crippen LogP contribution in [-0.2, 0) is 0 Å². The molecule has 0 bridgehead atoms. The third-order valence-corrected chi connectivity index (χ3v) is 1.78. The van der Waals surface area contributed by atoms with E-state index in [0.29, 0.717) is 0 Å². The molecule has 0 saturated heterocycles. The molecule has 3 heteroatoms. The lowest BCUT2D eigenvalue weighted by Gasteiger charge is -2.06. The van der Waals surface area contributed by atoms with Crippen molar-refractivity contribution in [2.24, 2.45) is 4.99 Å². The summed E-state index contributed by atoms with van der Waals surface area (Å²) in [5.41, 5.74) is 1.01. The Kier molecular flexibility index (Phi) is 5.12. The molecule has 0 rings (SSSR count). The molecule has 0 spiro atoms. The molecule has 0 aromatic heterocycles. The summed E-state index contributed by atoms with van der Waals surface area (Å²) in [5.74, 6) is 0. The molecule has 0 radical (unpaired) electrons. The van der Waals surface area contributed by atoms with Gasteiger partial charge in [-0.05, 0) is 12.7 Å². The molecule has 0 aromatic rings. The average molecular weight is 158 g/mol. The van der Waals surface area contributed by atoms with Crippen LogP contribution in [0.1, 0.15) is 13.3 Å². The second kappa shape index (κ2) is 5.35. The van der Waals surface area contributed by atoms with Crippen LogP contribution in [0.4, 0.5) is 0 Å². The summed E-state index contributed by atoms with van der Waals surface area (Å²) in [5, 5.41) is 4.01. The van der Waals surface area contributed by atoms with Gasteiger partial charge in [0.15, 0.2) is 5.17 Å². The molecule has 0 heterocycles. The Balaban J connectivity index is 3.76. The number of rotatable bonds is 2. The van der Waals surface area contributed by atoms with E-state index in [2.05, 4.69) is 23.8 Å². The van der Waals surface area contributed by atoms with E-state index in [4.69, 9.17) is 0 Å². The van der Waals surface area contributed by atoms with E-state index in [9.17, 15) is 0 Å². The highest BCUT2D eigenvalue weighted by atomic mass is 32.2. The Labute approximate surface area is 66.8 Å². The van der Waals surface area contributed by atoms with Crippen molar-refractivity contribution in [2.75, 3.05) is 13.3 Å². The van der Waals surface area contributed by atoms with Crippen molar-refractivity contribution in [3.63, 3.8) is 0 Å². The first-order valence-electron chi connectivity index (χ1n) is 3.20. The van der Waals surface area contributed by atoms with Gasteiger partial charge in [-0.25, -0.2) is 0 Å². The largest absolute Gasteiger partial charge is 0.339 e. The SMILES string of the molecule is C=C(CC)NC(=NC)SC. The van der Waals surface area contributed by atoms with Crippen molar-refractivity contribution in [3.8, 4) is 0 Å². The molecule has 0 amide bonds. The Hall–Kier alpha value is -0.440. The molecule has 1 N–H and O–H groups in total. The molecule has 2 nitrogen and oxygen atoms in total. The first kappa shape index (κ1) is 9.56. The van der Waals surface area contributed by atoms with E-state index >= 15 is 0 Å². The minimum atomic E-state index is 0.923. The van der Waals surface area contributed by atoms with Crippen LogP contribution >= 0.6 is 11.8 Å². The van der Waals surface area contributed by atoms with Gasteiger partial charge in [-0.3, -0.25) is 4.99 Å². The first-order valence-corrected chi connectivity index (χ1v) is 4.42. The van der Waals surface area contributed by atoms with Gasteiger partial charge in [0, 0.05) is 12.7 Å². The van der Waals surface area contributed by atoms with Crippen LogP contribution in [0, 0.1) is 0 Å². The maximum absolute atomic E-state index is 4.00. The van der Waals surface area contributed by atoms with Gasteiger partial charge in [0.05, 0.1) is 0 Å². The fraction of sp³-hybridized carbons (Fsp3) is 0.571. The van der Waals surface area contributed by atoms with Crippen LogP contribution in [0.5, 0.6) is 0 Å². The van der Waals surface area contributed by atoms with Gasteiger partial charge >= 0.3 is 0 Å². The van der Waals surface area contributed by atoms with Crippen LogP contribution in [0.2, 0.25) is 0 Å². The van der Waals surface area contributed by atoms with Crippen molar-refractivity contribution < 1.29 is 0 Å². The molecule has 10 heavy (non-hydrogen) atoms. The number of nitrogens with zero attached hydrogens (tertiary/aromatic N) is 1. The van der Waals surface area contributed by atoms with Gasteiger partial charge in [0.2, 0.25) is 0 Å². The quantitative estimate of drug-likeness (QED) is 0.490. The molecule has 0 aromatic carbocycles. The van der Waals surface area contributed by atoms with E-state index < -0.39 is 0 Å². The van der Waals surface area contributed by atoms with Crippen molar-refractivity contribution in [2.45, 2.75) is 13.3 Å². The third kappa shape index (κ3) is 3.56. The van der Waals surface area contributed by atoms with Crippen LogP contribution in [0.15, 0.2) is 17.3 Å². The molecule has 0 aliphatic carbocycles. The number of allylic oxidation sites excluding steroid dienone is 1. The number of hydrogen-bond donors (Lipinski definition) is 1. The zero-order chi connectivity index (χ0) is 7.98. The monoisotopic (exact) mass is 158 g/mol. The lowest BCUT2D eigenvalue weighted by Crippen LogP contribution is -2.17. The minimum absolute atomic E-state index is 0.923. The van der Waals surface area contributed by atoms with Gasteiger partial charge in [-0.1, -0.05) is 25.3 Å². The summed E-state index contributed by atoms with van der Waals surface area (Å²) in [6, 6.07) is 0. The number of amidine groups is 1. The van der Waals surface area contributed by atoms with Crippen molar-refractivity contribution in [3.05, 3.63) is 12.3 Å². The summed E-state index contributed by atoms with van der Waals surface area (Å²) in [6.07, 6.45) is 2.93. The Morgan fingerprint density at radius 1 is 1.70 bits per heavy atom. The van der Waals surface area contributed by atoms with Gasteiger partial charge in [-0.2, -0.15) is 0 Å². The predicted molar refractivity (Wildman–Crippen MR) is 49.4 cm³/mol. The van der Waals surface area contributed by atoms with E-state index in [1.165, 1.54) is 0 Å². The second-order valence-electron chi connectivity index (χ2n) is 1.81. The van der Waals surface area contributed by atoms with E-state index in [0.717, 1.165) is 17.3 Å². The first-order chi connectivity index (χ1) is 4.74. The average Bonchev–Trinajstić information content (AvgIpc) is 1.99. The Morgan fingerprint density at radius 2 is 2.30 bits per heavy atom. The lowest BCUT2D eigenvalue weighted by atomic mass is 10.4. The predicted octanol–water partition coefficient (Wildman–Crippen LogP) is 1.85. The smallest absolute Gasteiger partial charge is 0.160 e. The van der Waals surface area contributed by atoms with Crippen LogP contribution in [0.25, 0.3) is 0 Å². The van der Waals surface area contributed by atoms with Gasteiger partial charge in [0.1, 0.15) is 0 Å². The standard InChI is InChI=1S/C7H14N2S/c1-5-6(2)9-7(8-3)10-4/h2,5H2,1,3-4H3,(H,8,9). The molecule has 0 unspecified atom stereocenters. The number of nitrogens with one attached hydrogen (secondary N) is 1. The molecule has 0 aliphatic heterocycles. The van der Waals surface area contributed by atoms with E-state index in [1.807, 2.05) is 6.26 Å². The van der Waals surface area contributed by atoms with E-state index in [1.54, 1.807) is 18.8 Å². The third-order valence-electron chi connectivity index (χ3n) is 1.11. The number of aliphatic imine (C=N–C) groups is 1. The highest BCUT2D eigenvalue weighted by Gasteiger charge is 1.93. The van der Waals surface area contributed by atoms with Crippen LogP contribution in [-0.4, -0.2) is 18.5 Å². The molecule has 0 atom stereocenters. The molecule has 0 aliphatic rings. The number of thioether (sulfide) groups is 1. The Bertz CT molecular complexity index is 141. The molecular weight excluding hydrogens is 144 g/mol.